The summed E-state index contributed by atoms with van der Waals surface area (Å²) >= 11 is 0. The highest BCUT2D eigenvalue weighted by Crippen LogP contribution is 2.32. The SMILES string of the molecule is CN1CCN(C(=O)CCN(C)c2cccc(C(F)(F)F)c2)CCOc2ccc(N3CCOCC3)cc2Cc2cccc(c2)C1=O. The molecule has 3 aromatic rings. The number of hydrogen-bond acceptors (Lipinski definition) is 6. The van der Waals surface area contributed by atoms with Crippen molar-refractivity contribution in [1.29, 1.82) is 0 Å². The molecule has 2 bridgehead atoms. The number of likely N-dealkylation sites (N-methyl/N-ethyl adjacent to an activating group) is 1. The van der Waals surface area contributed by atoms with Gasteiger partial charge in [-0.15, -0.1) is 0 Å². The fourth-order valence-corrected chi connectivity index (χ4v) is 5.59. The summed E-state index contributed by atoms with van der Waals surface area (Å²) in [6.07, 6.45) is -3.79. The summed E-state index contributed by atoms with van der Waals surface area (Å²) in [5.41, 5.74) is 3.27. The van der Waals surface area contributed by atoms with E-state index >= 15 is 0 Å². The number of carbonyl (C=O) groups is 2. The van der Waals surface area contributed by atoms with Crippen LogP contribution in [-0.4, -0.2) is 94.8 Å². The first-order chi connectivity index (χ1) is 21.6. The summed E-state index contributed by atoms with van der Waals surface area (Å²) in [7, 11) is 3.38. The molecule has 0 aromatic heterocycles. The van der Waals surface area contributed by atoms with Crippen molar-refractivity contribution in [2.24, 2.45) is 0 Å². The molecule has 8 nitrogen and oxygen atoms in total. The Bertz CT molecular complexity index is 1490. The van der Waals surface area contributed by atoms with Crippen LogP contribution in [0.25, 0.3) is 0 Å². The Morgan fingerprint density at radius 1 is 0.911 bits per heavy atom. The summed E-state index contributed by atoms with van der Waals surface area (Å²) in [4.78, 5) is 33.9. The molecule has 2 aliphatic rings. The van der Waals surface area contributed by atoms with E-state index < -0.39 is 11.7 Å². The van der Waals surface area contributed by atoms with Crippen LogP contribution >= 0.6 is 0 Å². The van der Waals surface area contributed by atoms with E-state index in [1.54, 1.807) is 40.9 Å². The van der Waals surface area contributed by atoms with Gasteiger partial charge in [-0.1, -0.05) is 18.2 Å². The zero-order valence-corrected chi connectivity index (χ0v) is 25.7. The number of nitrogens with zero attached hydrogens (tertiary/aromatic N) is 4. The quantitative estimate of drug-likeness (QED) is 0.401. The molecule has 1 fully saturated rings. The number of rotatable bonds is 5. The average molecular weight is 625 g/mol. The molecule has 1 saturated heterocycles. The van der Waals surface area contributed by atoms with Crippen molar-refractivity contribution >= 4 is 23.2 Å². The normalized spacial score (nSPS) is 16.5. The first-order valence-electron chi connectivity index (χ1n) is 15.2. The minimum absolute atomic E-state index is 0.0892. The van der Waals surface area contributed by atoms with Crippen molar-refractivity contribution in [2.75, 3.05) is 83.0 Å². The van der Waals surface area contributed by atoms with Gasteiger partial charge in [-0.05, 0) is 54.1 Å². The van der Waals surface area contributed by atoms with Crippen LogP contribution in [0.4, 0.5) is 24.5 Å². The maximum Gasteiger partial charge on any atom is 0.416 e. The molecular weight excluding hydrogens is 585 g/mol. The summed E-state index contributed by atoms with van der Waals surface area (Å²) in [5.74, 6) is 0.411. The zero-order valence-electron chi connectivity index (χ0n) is 25.7. The van der Waals surface area contributed by atoms with Gasteiger partial charge in [-0.2, -0.15) is 13.2 Å². The van der Waals surface area contributed by atoms with Crippen LogP contribution < -0.4 is 14.5 Å². The Balaban J connectivity index is 1.33. The Labute approximate surface area is 261 Å². The van der Waals surface area contributed by atoms with Gasteiger partial charge in [-0.3, -0.25) is 9.59 Å². The molecule has 5 rings (SSSR count). The third kappa shape index (κ3) is 8.27. The second kappa shape index (κ2) is 14.2. The minimum Gasteiger partial charge on any atom is -0.491 e. The van der Waals surface area contributed by atoms with Gasteiger partial charge in [0.15, 0.2) is 0 Å². The number of morpholine rings is 1. The van der Waals surface area contributed by atoms with Crippen molar-refractivity contribution in [1.82, 2.24) is 9.80 Å². The number of halogens is 3. The molecule has 2 amide bonds. The molecular formula is C34H39F3N4O4. The van der Waals surface area contributed by atoms with Gasteiger partial charge in [0.25, 0.3) is 5.91 Å². The maximum absolute atomic E-state index is 13.4. The fraction of sp³-hybridized carbons (Fsp3) is 0.412. The van der Waals surface area contributed by atoms with E-state index in [0.29, 0.717) is 50.5 Å². The Hall–Kier alpha value is -4.25. The molecule has 2 heterocycles. The van der Waals surface area contributed by atoms with Crippen molar-refractivity contribution < 1.29 is 32.2 Å². The van der Waals surface area contributed by atoms with Crippen molar-refractivity contribution in [3.63, 3.8) is 0 Å². The third-order valence-corrected chi connectivity index (χ3v) is 8.29. The first-order valence-corrected chi connectivity index (χ1v) is 15.2. The van der Waals surface area contributed by atoms with Crippen molar-refractivity contribution in [3.05, 3.63) is 89.0 Å². The lowest BCUT2D eigenvalue weighted by Gasteiger charge is -2.30. The van der Waals surface area contributed by atoms with E-state index in [9.17, 15) is 22.8 Å². The Morgan fingerprint density at radius 3 is 2.47 bits per heavy atom. The largest absolute Gasteiger partial charge is 0.491 e. The fourth-order valence-electron chi connectivity index (χ4n) is 5.59. The number of alkyl halides is 3. The number of amides is 2. The van der Waals surface area contributed by atoms with Gasteiger partial charge in [0.05, 0.1) is 25.3 Å². The average Bonchev–Trinajstić information content (AvgIpc) is 3.04. The lowest BCUT2D eigenvalue weighted by molar-refractivity contribution is -0.137. The standard InChI is InChI=1S/C34H39F3N4O4/c1-38(29-8-4-7-28(24-29)34(35,36)37)12-11-32(42)41-14-13-39(2)33(43)26-6-3-5-25(21-26)22-27-23-30(40-15-18-44-19-16-40)9-10-31(27)45-20-17-41/h3-10,21,23-24H,11-20,22H2,1-2H3. The predicted octanol–water partition coefficient (Wildman–Crippen LogP) is 4.95. The van der Waals surface area contributed by atoms with E-state index in [0.717, 1.165) is 47.8 Å². The molecule has 0 spiro atoms. The minimum atomic E-state index is -4.45. The number of carbonyl (C=O) groups excluding carboxylic acids is 2. The lowest BCUT2D eigenvalue weighted by Crippen LogP contribution is -2.42. The van der Waals surface area contributed by atoms with Crippen LogP contribution in [-0.2, 0) is 22.1 Å². The summed E-state index contributed by atoms with van der Waals surface area (Å²) in [5, 5.41) is 0. The summed E-state index contributed by atoms with van der Waals surface area (Å²) < 4.78 is 51.4. The van der Waals surface area contributed by atoms with Gasteiger partial charge < -0.3 is 29.1 Å². The topological polar surface area (TPSA) is 65.6 Å². The molecule has 3 aromatic carbocycles. The number of fused-ring (bicyclic) bond motifs is 3. The van der Waals surface area contributed by atoms with Gasteiger partial charge >= 0.3 is 6.18 Å². The Kier molecular flexibility index (Phi) is 10.2. The van der Waals surface area contributed by atoms with Gasteiger partial charge in [0, 0.05) is 82.2 Å². The van der Waals surface area contributed by atoms with E-state index in [4.69, 9.17) is 9.47 Å². The smallest absolute Gasteiger partial charge is 0.416 e. The molecule has 0 atom stereocenters. The van der Waals surface area contributed by atoms with Crippen molar-refractivity contribution in [3.8, 4) is 5.75 Å². The van der Waals surface area contributed by atoms with Crippen LogP contribution in [0.1, 0.15) is 33.5 Å². The lowest BCUT2D eigenvalue weighted by atomic mass is 10.0. The van der Waals surface area contributed by atoms with E-state index in [1.807, 2.05) is 30.3 Å². The number of benzene rings is 3. The molecule has 11 heteroatoms. The number of hydrogen-bond donors (Lipinski definition) is 0. The molecule has 0 saturated carbocycles. The molecule has 0 aliphatic carbocycles. The van der Waals surface area contributed by atoms with Crippen LogP contribution in [0.3, 0.4) is 0 Å². The molecule has 45 heavy (non-hydrogen) atoms. The highest BCUT2D eigenvalue weighted by atomic mass is 19.4. The van der Waals surface area contributed by atoms with Crippen LogP contribution in [0.15, 0.2) is 66.7 Å². The van der Waals surface area contributed by atoms with Crippen molar-refractivity contribution in [2.45, 2.75) is 19.0 Å². The van der Waals surface area contributed by atoms with Crippen LogP contribution in [0.5, 0.6) is 5.75 Å². The summed E-state index contributed by atoms with van der Waals surface area (Å²) in [6.45, 7) is 4.33. The first kappa shape index (κ1) is 32.2. The molecule has 0 radical (unpaired) electrons. The summed E-state index contributed by atoms with van der Waals surface area (Å²) in [6, 6.07) is 18.8. The van der Waals surface area contributed by atoms with Crippen LogP contribution in [0, 0.1) is 0 Å². The molecule has 0 unspecified atom stereocenters. The highest BCUT2D eigenvalue weighted by Gasteiger charge is 2.30. The molecule has 240 valence electrons. The number of anilines is 2. The van der Waals surface area contributed by atoms with E-state index in [1.165, 1.54) is 6.07 Å². The molecule has 0 N–H and O–H groups in total. The molecule has 2 aliphatic heterocycles. The number of ether oxygens (including phenoxy) is 2. The van der Waals surface area contributed by atoms with E-state index in [-0.39, 0.29) is 31.4 Å². The zero-order chi connectivity index (χ0) is 32.0. The van der Waals surface area contributed by atoms with Gasteiger partial charge in [0.1, 0.15) is 12.4 Å². The van der Waals surface area contributed by atoms with Gasteiger partial charge in [-0.25, -0.2) is 0 Å². The Morgan fingerprint density at radius 2 is 1.69 bits per heavy atom. The second-order valence-electron chi connectivity index (χ2n) is 11.4. The maximum atomic E-state index is 13.4. The highest BCUT2D eigenvalue weighted by molar-refractivity contribution is 5.94. The van der Waals surface area contributed by atoms with E-state index in [2.05, 4.69) is 11.0 Å². The second-order valence-corrected chi connectivity index (χ2v) is 11.4. The predicted molar refractivity (Wildman–Crippen MR) is 167 cm³/mol. The van der Waals surface area contributed by atoms with Crippen LogP contribution in [0.2, 0.25) is 0 Å². The monoisotopic (exact) mass is 624 g/mol. The van der Waals surface area contributed by atoms with Gasteiger partial charge in [0.2, 0.25) is 5.91 Å². The third-order valence-electron chi connectivity index (χ3n) is 8.29.